The first-order valence-corrected chi connectivity index (χ1v) is 5.18. The fraction of sp³-hybridized carbons (Fsp3) is 0.455. The SMILES string of the molecule is CC(C)c1cnc2c(c1)OC(F)(F)C(=O)N2C. The highest BCUT2D eigenvalue weighted by atomic mass is 19.3. The quantitative estimate of drug-likeness (QED) is 0.757. The number of rotatable bonds is 1. The first kappa shape index (κ1) is 11.8. The van der Waals surface area contributed by atoms with Gasteiger partial charge in [0.15, 0.2) is 11.6 Å². The monoisotopic (exact) mass is 242 g/mol. The van der Waals surface area contributed by atoms with Crippen LogP contribution in [0.15, 0.2) is 12.3 Å². The largest absolute Gasteiger partial charge is 0.483 e. The number of carbonyl (C=O) groups is 1. The smallest absolute Gasteiger partial charge is 0.421 e. The zero-order chi connectivity index (χ0) is 12.8. The molecule has 17 heavy (non-hydrogen) atoms. The lowest BCUT2D eigenvalue weighted by Gasteiger charge is -2.30. The molecule has 1 aliphatic rings. The van der Waals surface area contributed by atoms with E-state index in [1.807, 2.05) is 13.8 Å². The second-order valence-electron chi connectivity index (χ2n) is 4.23. The Balaban J connectivity index is 2.50. The predicted molar refractivity (Wildman–Crippen MR) is 57.3 cm³/mol. The number of nitrogens with zero attached hydrogens (tertiary/aromatic N) is 2. The fourth-order valence-electron chi connectivity index (χ4n) is 1.57. The number of fused-ring (bicyclic) bond motifs is 1. The van der Waals surface area contributed by atoms with E-state index in [2.05, 4.69) is 9.72 Å². The first-order valence-electron chi connectivity index (χ1n) is 5.18. The van der Waals surface area contributed by atoms with Crippen LogP contribution >= 0.6 is 0 Å². The maximum absolute atomic E-state index is 13.2. The Bertz CT molecular complexity index is 475. The standard InChI is InChI=1S/C11H12F2N2O2/c1-6(2)7-4-8-9(14-5-7)15(3)10(16)11(12,13)17-8/h4-6H,1-3H3. The Kier molecular flexibility index (Phi) is 2.52. The van der Waals surface area contributed by atoms with E-state index in [4.69, 9.17) is 0 Å². The van der Waals surface area contributed by atoms with E-state index in [-0.39, 0.29) is 17.5 Å². The summed E-state index contributed by atoms with van der Waals surface area (Å²) in [4.78, 5) is 16.0. The number of alkyl halides is 2. The average Bonchev–Trinajstić information content (AvgIpc) is 2.25. The van der Waals surface area contributed by atoms with Gasteiger partial charge in [-0.15, -0.1) is 0 Å². The van der Waals surface area contributed by atoms with E-state index in [9.17, 15) is 13.6 Å². The Morgan fingerprint density at radius 1 is 1.47 bits per heavy atom. The van der Waals surface area contributed by atoms with Crippen LogP contribution in [0, 0.1) is 0 Å². The first-order chi connectivity index (χ1) is 7.83. The molecule has 0 fully saturated rings. The van der Waals surface area contributed by atoms with Crippen LogP contribution in [0.2, 0.25) is 0 Å². The summed E-state index contributed by atoms with van der Waals surface area (Å²) < 4.78 is 30.8. The summed E-state index contributed by atoms with van der Waals surface area (Å²) in [5.74, 6) is -1.21. The molecule has 0 aromatic carbocycles. The van der Waals surface area contributed by atoms with Crippen molar-refractivity contribution in [1.82, 2.24) is 4.98 Å². The van der Waals surface area contributed by atoms with E-state index >= 15 is 0 Å². The number of anilines is 1. The number of likely N-dealkylation sites (N-methyl/N-ethyl adjacent to an activating group) is 1. The molecule has 1 aromatic heterocycles. The number of amides is 1. The Hall–Kier alpha value is -1.72. The molecular formula is C11H12F2N2O2. The number of hydrogen-bond donors (Lipinski definition) is 0. The summed E-state index contributed by atoms with van der Waals surface area (Å²) in [6.07, 6.45) is -2.26. The summed E-state index contributed by atoms with van der Waals surface area (Å²) in [7, 11) is 1.25. The number of ether oxygens (including phenoxy) is 1. The van der Waals surface area contributed by atoms with E-state index in [0.29, 0.717) is 0 Å². The fourth-order valence-corrected chi connectivity index (χ4v) is 1.57. The van der Waals surface area contributed by atoms with Gasteiger partial charge in [0, 0.05) is 13.2 Å². The highest BCUT2D eigenvalue weighted by molar-refractivity contribution is 5.99. The third-order valence-corrected chi connectivity index (χ3v) is 2.63. The molecule has 0 radical (unpaired) electrons. The molecule has 1 amide bonds. The molecule has 0 spiro atoms. The molecule has 0 atom stereocenters. The van der Waals surface area contributed by atoms with E-state index in [1.165, 1.54) is 13.1 Å². The molecular weight excluding hydrogens is 230 g/mol. The van der Waals surface area contributed by atoms with Crippen LogP contribution in [0.3, 0.4) is 0 Å². The molecule has 0 N–H and O–H groups in total. The lowest BCUT2D eigenvalue weighted by molar-refractivity contribution is -0.192. The van der Waals surface area contributed by atoms with Crippen molar-refractivity contribution in [3.63, 3.8) is 0 Å². The number of carbonyl (C=O) groups excluding carboxylic acids is 1. The Morgan fingerprint density at radius 2 is 2.12 bits per heavy atom. The van der Waals surface area contributed by atoms with Gasteiger partial charge in [-0.3, -0.25) is 9.69 Å². The molecule has 2 heterocycles. The van der Waals surface area contributed by atoms with Crippen molar-refractivity contribution in [3.05, 3.63) is 17.8 Å². The summed E-state index contributed by atoms with van der Waals surface area (Å²) in [5.41, 5.74) is 0.780. The minimum absolute atomic E-state index is 0.0664. The summed E-state index contributed by atoms with van der Waals surface area (Å²) in [6.45, 7) is 3.83. The van der Waals surface area contributed by atoms with Crippen LogP contribution in [0.5, 0.6) is 5.75 Å². The molecule has 0 unspecified atom stereocenters. The number of halogens is 2. The van der Waals surface area contributed by atoms with Crippen molar-refractivity contribution >= 4 is 11.7 Å². The van der Waals surface area contributed by atoms with Crippen LogP contribution in [-0.2, 0) is 4.79 Å². The molecule has 0 aliphatic carbocycles. The second-order valence-corrected chi connectivity index (χ2v) is 4.23. The molecule has 92 valence electrons. The minimum atomic E-state index is -3.82. The lowest BCUT2D eigenvalue weighted by atomic mass is 10.1. The Morgan fingerprint density at radius 3 is 2.71 bits per heavy atom. The van der Waals surface area contributed by atoms with E-state index in [0.717, 1.165) is 10.5 Å². The highest BCUT2D eigenvalue weighted by Crippen LogP contribution is 2.38. The van der Waals surface area contributed by atoms with E-state index in [1.54, 1.807) is 6.20 Å². The van der Waals surface area contributed by atoms with Gasteiger partial charge in [0.25, 0.3) is 0 Å². The van der Waals surface area contributed by atoms with Gasteiger partial charge in [-0.1, -0.05) is 13.8 Å². The average molecular weight is 242 g/mol. The van der Waals surface area contributed by atoms with Crippen molar-refractivity contribution in [2.24, 2.45) is 0 Å². The van der Waals surface area contributed by atoms with Gasteiger partial charge in [-0.25, -0.2) is 4.98 Å². The zero-order valence-corrected chi connectivity index (χ0v) is 9.70. The second kappa shape index (κ2) is 3.65. The van der Waals surface area contributed by atoms with Crippen LogP contribution in [0.1, 0.15) is 25.3 Å². The van der Waals surface area contributed by atoms with Crippen molar-refractivity contribution in [1.29, 1.82) is 0 Å². The summed E-state index contributed by atoms with van der Waals surface area (Å²) in [5, 5.41) is 0. The normalized spacial score (nSPS) is 18.0. The van der Waals surface area contributed by atoms with E-state index < -0.39 is 12.0 Å². The van der Waals surface area contributed by atoms with Gasteiger partial charge in [0.2, 0.25) is 0 Å². The third-order valence-electron chi connectivity index (χ3n) is 2.63. The predicted octanol–water partition coefficient (Wildman–Crippen LogP) is 2.15. The highest BCUT2D eigenvalue weighted by Gasteiger charge is 2.49. The third kappa shape index (κ3) is 1.83. The van der Waals surface area contributed by atoms with Gasteiger partial charge in [0.1, 0.15) is 0 Å². The van der Waals surface area contributed by atoms with Crippen molar-refractivity contribution in [2.75, 3.05) is 11.9 Å². The van der Waals surface area contributed by atoms with Gasteiger partial charge in [-0.05, 0) is 17.5 Å². The van der Waals surface area contributed by atoms with Gasteiger partial charge >= 0.3 is 12.0 Å². The van der Waals surface area contributed by atoms with Crippen LogP contribution in [-0.4, -0.2) is 24.0 Å². The van der Waals surface area contributed by atoms with Gasteiger partial charge < -0.3 is 4.74 Å². The van der Waals surface area contributed by atoms with Crippen LogP contribution < -0.4 is 9.64 Å². The topological polar surface area (TPSA) is 42.4 Å². The molecule has 0 bridgehead atoms. The molecule has 1 aromatic rings. The minimum Gasteiger partial charge on any atom is -0.421 e. The van der Waals surface area contributed by atoms with Crippen molar-refractivity contribution in [2.45, 2.75) is 25.9 Å². The molecule has 2 rings (SSSR count). The lowest BCUT2D eigenvalue weighted by Crippen LogP contribution is -2.49. The summed E-state index contributed by atoms with van der Waals surface area (Å²) in [6, 6.07) is 1.49. The zero-order valence-electron chi connectivity index (χ0n) is 9.70. The van der Waals surface area contributed by atoms with Crippen LogP contribution in [0.4, 0.5) is 14.6 Å². The Labute approximate surface area is 97.2 Å². The number of hydrogen-bond acceptors (Lipinski definition) is 3. The summed E-state index contributed by atoms with van der Waals surface area (Å²) >= 11 is 0. The molecule has 0 saturated heterocycles. The molecule has 6 heteroatoms. The number of pyridine rings is 1. The maximum atomic E-state index is 13.2. The maximum Gasteiger partial charge on any atom is 0.483 e. The number of aromatic nitrogens is 1. The van der Waals surface area contributed by atoms with Crippen LogP contribution in [0.25, 0.3) is 0 Å². The molecule has 4 nitrogen and oxygen atoms in total. The van der Waals surface area contributed by atoms with Gasteiger partial charge in [0.05, 0.1) is 0 Å². The van der Waals surface area contributed by atoms with Crippen molar-refractivity contribution < 1.29 is 18.3 Å². The molecule has 0 saturated carbocycles. The molecule has 1 aliphatic heterocycles. The van der Waals surface area contributed by atoms with Gasteiger partial charge in [-0.2, -0.15) is 8.78 Å². The van der Waals surface area contributed by atoms with Crippen molar-refractivity contribution in [3.8, 4) is 5.75 Å².